The number of hydrogen-bond donors (Lipinski definition) is 4. The van der Waals surface area contributed by atoms with Crippen molar-refractivity contribution in [2.75, 3.05) is 6.26 Å². The number of alkyl halides is 1. The number of nitrogens with two attached hydrogens (primary N) is 1. The molecule has 0 aromatic carbocycles. The summed E-state index contributed by atoms with van der Waals surface area (Å²) in [5.74, 6) is 0. The molecule has 1 heterocycles. The first-order valence-electron chi connectivity index (χ1n) is 5.02. The third kappa shape index (κ3) is 2.81. The van der Waals surface area contributed by atoms with Crippen LogP contribution >= 0.6 is 23.4 Å². The molecule has 1 aliphatic heterocycles. The van der Waals surface area contributed by atoms with Crippen molar-refractivity contribution in [3.05, 3.63) is 0 Å². The number of rotatable bonds is 3. The van der Waals surface area contributed by atoms with Gasteiger partial charge in [-0.25, -0.2) is 0 Å². The van der Waals surface area contributed by atoms with Crippen molar-refractivity contribution >= 4 is 23.4 Å². The van der Waals surface area contributed by atoms with Crippen LogP contribution in [0.15, 0.2) is 0 Å². The lowest BCUT2D eigenvalue weighted by Gasteiger charge is -2.42. The fourth-order valence-electron chi connectivity index (χ4n) is 1.65. The summed E-state index contributed by atoms with van der Waals surface area (Å²) >= 11 is 7.09. The first kappa shape index (κ1) is 14.5. The van der Waals surface area contributed by atoms with E-state index < -0.39 is 41.3 Å². The summed E-state index contributed by atoms with van der Waals surface area (Å²) in [5.41, 5.74) is 5.18. The minimum absolute atomic E-state index is 0.399. The van der Waals surface area contributed by atoms with E-state index in [-0.39, 0.29) is 0 Å². The Morgan fingerprint density at radius 1 is 1.25 bits per heavy atom. The van der Waals surface area contributed by atoms with Gasteiger partial charge in [0.25, 0.3) is 0 Å². The van der Waals surface area contributed by atoms with E-state index in [2.05, 4.69) is 0 Å². The lowest BCUT2D eigenvalue weighted by molar-refractivity contribution is -0.202. The Kier molecular flexibility index (Phi) is 5.31. The van der Waals surface area contributed by atoms with Gasteiger partial charge in [-0.1, -0.05) is 0 Å². The smallest absolute Gasteiger partial charge is 0.132 e. The summed E-state index contributed by atoms with van der Waals surface area (Å²) in [5, 5.41) is 28.6. The third-order valence-corrected chi connectivity index (χ3v) is 3.89. The second-order valence-corrected chi connectivity index (χ2v) is 5.56. The third-order valence-electron chi connectivity index (χ3n) is 2.75. The summed E-state index contributed by atoms with van der Waals surface area (Å²) in [6.45, 7) is 1.69. The average Bonchev–Trinajstić information content (AvgIpc) is 2.25. The Bertz CT molecular complexity index is 232. The Hall–Kier alpha value is 0.440. The lowest BCUT2D eigenvalue weighted by atomic mass is 9.94. The molecule has 1 saturated heterocycles. The molecule has 5 nitrogen and oxygen atoms in total. The molecule has 7 atom stereocenters. The highest BCUT2D eigenvalue weighted by Crippen LogP contribution is 2.29. The Morgan fingerprint density at radius 3 is 2.25 bits per heavy atom. The predicted octanol–water partition coefficient (Wildman–Crippen LogP) is -0.888. The minimum Gasteiger partial charge on any atom is -0.388 e. The molecule has 1 rings (SSSR count). The molecule has 0 aromatic heterocycles. The van der Waals surface area contributed by atoms with E-state index in [9.17, 15) is 15.3 Å². The van der Waals surface area contributed by atoms with Crippen LogP contribution in [0.1, 0.15) is 6.92 Å². The number of ether oxygens (including phenoxy) is 1. The van der Waals surface area contributed by atoms with E-state index in [1.807, 2.05) is 0 Å². The maximum atomic E-state index is 9.76. The second-order valence-electron chi connectivity index (χ2n) is 3.93. The van der Waals surface area contributed by atoms with E-state index in [0.717, 1.165) is 0 Å². The zero-order chi connectivity index (χ0) is 12.5. The van der Waals surface area contributed by atoms with Crippen LogP contribution in [-0.2, 0) is 4.74 Å². The fourth-order valence-corrected chi connectivity index (χ4v) is 2.47. The van der Waals surface area contributed by atoms with Crippen molar-refractivity contribution in [1.82, 2.24) is 0 Å². The summed E-state index contributed by atoms with van der Waals surface area (Å²) in [4.78, 5) is 0. The first-order chi connectivity index (χ1) is 7.40. The Morgan fingerprint density at radius 2 is 1.81 bits per heavy atom. The number of thioether (sulfide) groups is 1. The molecule has 0 bridgehead atoms. The molecule has 1 aliphatic rings. The maximum Gasteiger partial charge on any atom is 0.132 e. The number of hydrogen-bond acceptors (Lipinski definition) is 6. The van der Waals surface area contributed by atoms with Gasteiger partial charge in [-0.05, 0) is 13.2 Å². The molecule has 16 heavy (non-hydrogen) atoms. The highest BCUT2D eigenvalue weighted by Gasteiger charge is 2.46. The van der Waals surface area contributed by atoms with Crippen molar-refractivity contribution < 1.29 is 20.1 Å². The van der Waals surface area contributed by atoms with E-state index in [1.54, 1.807) is 13.2 Å². The van der Waals surface area contributed by atoms with Gasteiger partial charge in [-0.3, -0.25) is 0 Å². The molecule has 0 aliphatic carbocycles. The molecule has 7 heteroatoms. The van der Waals surface area contributed by atoms with Gasteiger partial charge in [-0.15, -0.1) is 23.4 Å². The van der Waals surface area contributed by atoms with Crippen molar-refractivity contribution in [3.63, 3.8) is 0 Å². The van der Waals surface area contributed by atoms with Crippen LogP contribution in [0.4, 0.5) is 0 Å². The highest BCUT2D eigenvalue weighted by atomic mass is 35.5. The molecule has 5 N–H and O–H groups in total. The van der Waals surface area contributed by atoms with Crippen molar-refractivity contribution in [1.29, 1.82) is 0 Å². The monoisotopic (exact) mass is 271 g/mol. The SMILES string of the molecule is CSC1O[C@H]([C@H](N)[C@H](C)Cl)C(O)[C@@H](O)[C@H]1O. The number of aliphatic hydroxyl groups excluding tert-OH is 3. The average molecular weight is 272 g/mol. The largest absolute Gasteiger partial charge is 0.388 e. The molecule has 0 radical (unpaired) electrons. The van der Waals surface area contributed by atoms with Crippen LogP contribution in [0, 0.1) is 0 Å². The van der Waals surface area contributed by atoms with Gasteiger partial charge in [0.2, 0.25) is 0 Å². The van der Waals surface area contributed by atoms with Crippen LogP contribution in [0.2, 0.25) is 0 Å². The molecular weight excluding hydrogens is 254 g/mol. The van der Waals surface area contributed by atoms with Crippen LogP contribution in [0.3, 0.4) is 0 Å². The Labute approximate surface area is 104 Å². The standard InChI is InChI=1S/C9H18ClNO4S/c1-3(10)4(11)8-6(13)5(12)7(14)9(15-8)16-2/h3-9,12-14H,11H2,1-2H3/t3-,4+,5+,6?,7+,8+,9?/m0/s1. The first-order valence-corrected chi connectivity index (χ1v) is 6.74. The van der Waals surface area contributed by atoms with Gasteiger partial charge in [0, 0.05) is 11.4 Å². The molecule has 2 unspecified atom stereocenters. The van der Waals surface area contributed by atoms with E-state index in [0.29, 0.717) is 0 Å². The van der Waals surface area contributed by atoms with E-state index in [4.69, 9.17) is 22.1 Å². The summed E-state index contributed by atoms with van der Waals surface area (Å²) < 4.78 is 5.45. The van der Waals surface area contributed by atoms with Crippen LogP contribution in [0.5, 0.6) is 0 Å². The molecule has 0 saturated carbocycles. The Balaban J connectivity index is 2.78. The van der Waals surface area contributed by atoms with Gasteiger partial charge in [-0.2, -0.15) is 0 Å². The van der Waals surface area contributed by atoms with E-state index in [1.165, 1.54) is 11.8 Å². The maximum absolute atomic E-state index is 9.76. The minimum atomic E-state index is -1.27. The molecule has 0 aromatic rings. The molecule has 0 amide bonds. The molecule has 0 spiro atoms. The number of halogens is 1. The zero-order valence-electron chi connectivity index (χ0n) is 9.15. The highest BCUT2D eigenvalue weighted by molar-refractivity contribution is 7.99. The van der Waals surface area contributed by atoms with Gasteiger partial charge >= 0.3 is 0 Å². The zero-order valence-corrected chi connectivity index (χ0v) is 10.7. The lowest BCUT2D eigenvalue weighted by Crippen LogP contribution is -2.62. The van der Waals surface area contributed by atoms with Crippen LogP contribution < -0.4 is 5.73 Å². The second kappa shape index (κ2) is 5.86. The van der Waals surface area contributed by atoms with Gasteiger partial charge in [0.05, 0.1) is 0 Å². The fraction of sp³-hybridized carbons (Fsp3) is 1.00. The van der Waals surface area contributed by atoms with Gasteiger partial charge in [0.15, 0.2) is 0 Å². The van der Waals surface area contributed by atoms with Crippen LogP contribution in [0.25, 0.3) is 0 Å². The normalized spacial score (nSPS) is 44.1. The summed E-state index contributed by atoms with van der Waals surface area (Å²) in [6, 6.07) is -0.603. The van der Waals surface area contributed by atoms with Gasteiger partial charge in [0.1, 0.15) is 29.9 Å². The summed E-state index contributed by atoms with van der Waals surface area (Å²) in [7, 11) is 0. The summed E-state index contributed by atoms with van der Waals surface area (Å²) in [6.07, 6.45) is -2.65. The molecule has 1 fully saturated rings. The van der Waals surface area contributed by atoms with E-state index >= 15 is 0 Å². The van der Waals surface area contributed by atoms with Crippen LogP contribution in [-0.4, -0.2) is 62.8 Å². The number of aliphatic hydroxyl groups is 3. The predicted molar refractivity (Wildman–Crippen MR) is 63.5 cm³/mol. The van der Waals surface area contributed by atoms with Crippen molar-refractivity contribution in [2.45, 2.75) is 48.2 Å². The topological polar surface area (TPSA) is 95.9 Å². The molecular formula is C9H18ClNO4S. The van der Waals surface area contributed by atoms with Crippen molar-refractivity contribution in [2.24, 2.45) is 5.73 Å². The van der Waals surface area contributed by atoms with Crippen molar-refractivity contribution in [3.8, 4) is 0 Å². The van der Waals surface area contributed by atoms with Gasteiger partial charge < -0.3 is 25.8 Å². The quantitative estimate of drug-likeness (QED) is 0.498. The molecule has 96 valence electrons.